The highest BCUT2D eigenvalue weighted by Crippen LogP contribution is 2.51. The summed E-state index contributed by atoms with van der Waals surface area (Å²) in [6, 6.07) is 20.3. The van der Waals surface area contributed by atoms with E-state index in [1.165, 1.54) is 22.3 Å². The second-order valence-corrected chi connectivity index (χ2v) is 11.5. The van der Waals surface area contributed by atoms with Crippen LogP contribution in [0.5, 0.6) is 5.75 Å². The lowest BCUT2D eigenvalue weighted by molar-refractivity contribution is -0.137. The molecule has 0 bridgehead atoms. The summed E-state index contributed by atoms with van der Waals surface area (Å²) in [5, 5.41) is 3.33. The zero-order valence-corrected chi connectivity index (χ0v) is 22.8. The van der Waals surface area contributed by atoms with Gasteiger partial charge in [0.05, 0.1) is 13.2 Å². The van der Waals surface area contributed by atoms with E-state index >= 15 is 0 Å². The number of imidazole rings is 1. The van der Waals surface area contributed by atoms with Crippen molar-refractivity contribution in [1.29, 1.82) is 0 Å². The van der Waals surface area contributed by atoms with E-state index in [1.54, 1.807) is 13.3 Å². The zero-order valence-electron chi connectivity index (χ0n) is 22.8. The van der Waals surface area contributed by atoms with Crippen molar-refractivity contribution in [1.82, 2.24) is 19.6 Å². The Morgan fingerprint density at radius 2 is 1.85 bits per heavy atom. The number of pyridine rings is 1. The van der Waals surface area contributed by atoms with E-state index in [2.05, 4.69) is 45.5 Å². The number of carbonyl (C=O) groups is 2. The summed E-state index contributed by atoms with van der Waals surface area (Å²) < 4.78 is 7.43. The molecule has 2 amide bonds. The molecule has 3 heterocycles. The van der Waals surface area contributed by atoms with Gasteiger partial charge in [-0.25, -0.2) is 4.98 Å². The van der Waals surface area contributed by atoms with Crippen molar-refractivity contribution in [2.45, 2.75) is 50.0 Å². The largest absolute Gasteiger partial charge is 0.496 e. The Bertz CT molecular complexity index is 1590. The Morgan fingerprint density at radius 1 is 1.02 bits per heavy atom. The Labute approximate surface area is 234 Å². The molecule has 1 spiro atoms. The molecule has 1 N–H and O–H groups in total. The Balaban J connectivity index is 1.06. The average Bonchev–Trinajstić information content (AvgIpc) is 3.60. The van der Waals surface area contributed by atoms with Crippen molar-refractivity contribution in [3.05, 3.63) is 101 Å². The van der Waals surface area contributed by atoms with E-state index in [9.17, 15) is 9.59 Å². The van der Waals surface area contributed by atoms with Crippen LogP contribution in [0.4, 0.5) is 0 Å². The third-order valence-electron chi connectivity index (χ3n) is 9.51. The fraction of sp³-hybridized carbons (Fsp3) is 0.364. The zero-order chi connectivity index (χ0) is 27.3. The number of amides is 2. The minimum absolute atomic E-state index is 0.00614. The summed E-state index contributed by atoms with van der Waals surface area (Å²) in [4.78, 5) is 33.5. The van der Waals surface area contributed by atoms with E-state index in [0.717, 1.165) is 63.0 Å². The Morgan fingerprint density at radius 3 is 2.70 bits per heavy atom. The maximum absolute atomic E-state index is 13.7. The molecule has 204 valence electrons. The second-order valence-electron chi connectivity index (χ2n) is 11.5. The van der Waals surface area contributed by atoms with Gasteiger partial charge in [0.2, 0.25) is 5.91 Å². The lowest BCUT2D eigenvalue weighted by Crippen LogP contribution is -2.47. The van der Waals surface area contributed by atoms with Gasteiger partial charge >= 0.3 is 0 Å². The van der Waals surface area contributed by atoms with Gasteiger partial charge in [0.1, 0.15) is 17.1 Å². The van der Waals surface area contributed by atoms with Gasteiger partial charge in [-0.05, 0) is 79.0 Å². The van der Waals surface area contributed by atoms with E-state index in [-0.39, 0.29) is 29.2 Å². The molecule has 1 saturated heterocycles. The standard InChI is InChI=1S/C33H34N4O3/c1-40-29-10-4-6-22-12-13-23(20-25(22)29)32(39)36-17-14-33(15-18-36)21-27(24-7-2-3-8-26(24)33)35-31(38)28-9-5-11-30-34-16-19-37(28)30/h2-11,16,19,23,27H,12-15,17-18,20-21H2,1H3,(H,35,38). The number of hydrogen-bond acceptors (Lipinski definition) is 4. The number of fused-ring (bicyclic) bond motifs is 4. The number of methoxy groups -OCH3 is 1. The number of rotatable bonds is 4. The Kier molecular flexibility index (Phi) is 6.10. The monoisotopic (exact) mass is 534 g/mol. The molecular weight excluding hydrogens is 500 g/mol. The molecule has 2 aliphatic carbocycles. The van der Waals surface area contributed by atoms with Crippen LogP contribution >= 0.6 is 0 Å². The van der Waals surface area contributed by atoms with Crippen LogP contribution in [0.3, 0.4) is 0 Å². The molecule has 7 heteroatoms. The van der Waals surface area contributed by atoms with Crippen molar-refractivity contribution < 1.29 is 14.3 Å². The maximum Gasteiger partial charge on any atom is 0.268 e. The number of nitrogens with zero attached hydrogens (tertiary/aromatic N) is 3. The number of hydrogen-bond donors (Lipinski definition) is 1. The van der Waals surface area contributed by atoms with Crippen molar-refractivity contribution in [3.8, 4) is 5.75 Å². The highest BCUT2D eigenvalue weighted by atomic mass is 16.5. The number of piperidine rings is 1. The SMILES string of the molecule is COc1cccc2c1CC(C(=O)N1CCC3(CC1)CC(NC(=O)c1cccc4nccn14)c1ccccc13)CC2. The number of aryl methyl sites for hydroxylation is 1. The van der Waals surface area contributed by atoms with Gasteiger partial charge in [0.15, 0.2) is 0 Å². The molecule has 0 saturated carbocycles. The predicted molar refractivity (Wildman–Crippen MR) is 152 cm³/mol. The molecular formula is C33H34N4O3. The number of likely N-dealkylation sites (tertiary alicyclic amines) is 1. The van der Waals surface area contributed by atoms with Crippen LogP contribution in [0, 0.1) is 5.92 Å². The lowest BCUT2D eigenvalue weighted by atomic mass is 9.73. The van der Waals surface area contributed by atoms with Gasteiger partial charge in [-0.1, -0.05) is 42.5 Å². The van der Waals surface area contributed by atoms with Crippen LogP contribution in [0.1, 0.15) is 64.5 Å². The van der Waals surface area contributed by atoms with Crippen LogP contribution in [-0.4, -0.2) is 46.3 Å². The van der Waals surface area contributed by atoms with Gasteiger partial charge in [-0.15, -0.1) is 0 Å². The molecule has 2 unspecified atom stereocenters. The molecule has 1 aliphatic heterocycles. The van der Waals surface area contributed by atoms with Crippen molar-refractivity contribution >= 4 is 17.5 Å². The van der Waals surface area contributed by atoms with Crippen molar-refractivity contribution in [2.24, 2.45) is 5.92 Å². The number of ether oxygens (including phenoxy) is 1. The minimum atomic E-state index is -0.0962. The number of nitrogens with one attached hydrogen (secondary N) is 1. The molecule has 2 aromatic heterocycles. The van der Waals surface area contributed by atoms with Gasteiger partial charge in [-0.3, -0.25) is 14.0 Å². The minimum Gasteiger partial charge on any atom is -0.496 e. The quantitative estimate of drug-likeness (QED) is 0.405. The highest BCUT2D eigenvalue weighted by molar-refractivity contribution is 5.93. The van der Waals surface area contributed by atoms with Gasteiger partial charge in [0, 0.05) is 36.8 Å². The molecule has 2 aromatic carbocycles. The maximum atomic E-state index is 13.7. The van der Waals surface area contributed by atoms with Gasteiger partial charge in [0.25, 0.3) is 5.91 Å². The first kappa shape index (κ1) is 24.9. The summed E-state index contributed by atoms with van der Waals surface area (Å²) in [6.07, 6.45) is 8.77. The van der Waals surface area contributed by atoms with Crippen LogP contribution < -0.4 is 10.1 Å². The van der Waals surface area contributed by atoms with E-state index < -0.39 is 0 Å². The third kappa shape index (κ3) is 4.07. The van der Waals surface area contributed by atoms with E-state index in [0.29, 0.717) is 5.69 Å². The molecule has 7 rings (SSSR count). The van der Waals surface area contributed by atoms with E-state index in [1.807, 2.05) is 40.9 Å². The van der Waals surface area contributed by atoms with Crippen molar-refractivity contribution in [2.75, 3.05) is 20.2 Å². The summed E-state index contributed by atoms with van der Waals surface area (Å²) in [5.41, 5.74) is 6.33. The van der Waals surface area contributed by atoms with Gasteiger partial charge in [-0.2, -0.15) is 0 Å². The fourth-order valence-electron chi connectivity index (χ4n) is 7.43. The molecule has 4 aromatic rings. The normalized spacial score (nSPS) is 21.2. The molecule has 0 radical (unpaired) electrons. The number of benzene rings is 2. The molecule has 7 nitrogen and oxygen atoms in total. The second kappa shape index (κ2) is 9.81. The van der Waals surface area contributed by atoms with Crippen molar-refractivity contribution in [3.63, 3.8) is 0 Å². The summed E-state index contributed by atoms with van der Waals surface area (Å²) in [7, 11) is 1.71. The summed E-state index contributed by atoms with van der Waals surface area (Å²) in [6.45, 7) is 1.49. The average molecular weight is 535 g/mol. The first-order valence-corrected chi connectivity index (χ1v) is 14.3. The van der Waals surface area contributed by atoms with E-state index in [4.69, 9.17) is 4.74 Å². The summed E-state index contributed by atoms with van der Waals surface area (Å²) in [5.74, 6) is 1.08. The summed E-state index contributed by atoms with van der Waals surface area (Å²) >= 11 is 0. The fourth-order valence-corrected chi connectivity index (χ4v) is 7.43. The molecule has 2 atom stereocenters. The first-order chi connectivity index (χ1) is 19.6. The molecule has 3 aliphatic rings. The smallest absolute Gasteiger partial charge is 0.268 e. The first-order valence-electron chi connectivity index (χ1n) is 14.3. The van der Waals surface area contributed by atoms with Crippen LogP contribution in [0.2, 0.25) is 0 Å². The van der Waals surface area contributed by atoms with Gasteiger partial charge < -0.3 is 15.0 Å². The molecule has 40 heavy (non-hydrogen) atoms. The van der Waals surface area contributed by atoms with Crippen LogP contribution in [-0.2, 0) is 23.1 Å². The number of carbonyl (C=O) groups excluding carboxylic acids is 2. The Hall–Kier alpha value is -4.13. The van der Waals surface area contributed by atoms with Crippen LogP contribution in [0.25, 0.3) is 5.65 Å². The van der Waals surface area contributed by atoms with Crippen LogP contribution in [0.15, 0.2) is 73.1 Å². The topological polar surface area (TPSA) is 75.9 Å². The lowest BCUT2D eigenvalue weighted by Gasteiger charge is -2.42. The third-order valence-corrected chi connectivity index (χ3v) is 9.51. The number of aromatic nitrogens is 2. The predicted octanol–water partition coefficient (Wildman–Crippen LogP) is 4.88. The highest BCUT2D eigenvalue weighted by Gasteiger charge is 2.47. The molecule has 1 fully saturated rings.